The zero-order valence-corrected chi connectivity index (χ0v) is 19.7. The van der Waals surface area contributed by atoms with E-state index in [1.807, 2.05) is 66.0 Å². The molecule has 0 saturated heterocycles. The maximum Gasteiger partial charge on any atom is 0.281 e. The van der Waals surface area contributed by atoms with Crippen LogP contribution in [0.1, 0.15) is 16.1 Å². The van der Waals surface area contributed by atoms with E-state index in [2.05, 4.69) is 11.7 Å². The fourth-order valence-electron chi connectivity index (χ4n) is 3.89. The summed E-state index contributed by atoms with van der Waals surface area (Å²) in [6.45, 7) is 4.35. The lowest BCUT2D eigenvalue weighted by Crippen LogP contribution is -2.35. The molecule has 0 spiro atoms. The highest BCUT2D eigenvalue weighted by Gasteiger charge is 2.25. The van der Waals surface area contributed by atoms with Gasteiger partial charge in [0.25, 0.3) is 11.5 Å². The predicted octanol–water partition coefficient (Wildman–Crippen LogP) is 5.40. The average Bonchev–Trinajstić information content (AvgIpc) is 3.40. The van der Waals surface area contributed by atoms with Crippen LogP contribution in [-0.2, 0) is 6.54 Å². The summed E-state index contributed by atoms with van der Waals surface area (Å²) in [6, 6.07) is 26.5. The fraction of sp³-hybridized carbons (Fsp3) is 0.0714. The minimum atomic E-state index is -0.336. The Bertz CT molecular complexity index is 1560. The zero-order valence-electron chi connectivity index (χ0n) is 18.9. The average molecular weight is 479 g/mol. The molecular weight excluding hydrogens is 456 g/mol. The number of benzene rings is 3. The first-order chi connectivity index (χ1) is 17.2. The van der Waals surface area contributed by atoms with Gasteiger partial charge in [-0.15, -0.1) is 17.9 Å². The highest BCUT2D eigenvalue weighted by atomic mass is 32.1. The second-order valence-electron chi connectivity index (χ2n) is 7.93. The number of amides is 1. The number of anilines is 1. The lowest BCUT2D eigenvalue weighted by Gasteiger charge is -2.19. The van der Waals surface area contributed by atoms with E-state index in [9.17, 15) is 9.59 Å². The summed E-state index contributed by atoms with van der Waals surface area (Å²) >= 11 is 1.38. The summed E-state index contributed by atoms with van der Waals surface area (Å²) in [5.74, 6) is -0.336. The van der Waals surface area contributed by atoms with Crippen LogP contribution in [0.25, 0.3) is 22.0 Å². The normalized spacial score (nSPS) is 10.9. The molecular formula is C28H22N4O2S. The van der Waals surface area contributed by atoms with Crippen LogP contribution in [-0.4, -0.2) is 27.2 Å². The van der Waals surface area contributed by atoms with Gasteiger partial charge < -0.3 is 0 Å². The highest BCUT2D eigenvalue weighted by Crippen LogP contribution is 2.29. The number of thiazole rings is 1. The fourth-order valence-corrected chi connectivity index (χ4v) is 4.73. The summed E-state index contributed by atoms with van der Waals surface area (Å²) in [6.07, 6.45) is 1.66. The van der Waals surface area contributed by atoms with Crippen LogP contribution in [0.5, 0.6) is 0 Å². The molecule has 0 atom stereocenters. The Hall–Kier alpha value is -4.36. The van der Waals surface area contributed by atoms with Gasteiger partial charge in [0.05, 0.1) is 17.6 Å². The molecule has 0 N–H and O–H groups in total. The molecule has 1 amide bonds. The van der Waals surface area contributed by atoms with E-state index in [1.165, 1.54) is 16.0 Å². The van der Waals surface area contributed by atoms with Crippen LogP contribution in [0.4, 0.5) is 5.13 Å². The molecule has 0 unspecified atom stereocenters. The maximum absolute atomic E-state index is 13.9. The topological polar surface area (TPSA) is 68.1 Å². The third kappa shape index (κ3) is 4.54. The molecule has 3 aromatic carbocycles. The van der Waals surface area contributed by atoms with E-state index in [4.69, 9.17) is 4.98 Å². The molecule has 35 heavy (non-hydrogen) atoms. The number of fused-ring (bicyclic) bond motifs is 1. The second kappa shape index (κ2) is 9.87. The van der Waals surface area contributed by atoms with Crippen LogP contribution in [0, 0.1) is 0 Å². The van der Waals surface area contributed by atoms with Crippen LogP contribution in [0.3, 0.4) is 0 Å². The molecule has 5 aromatic rings. The molecule has 0 saturated carbocycles. The summed E-state index contributed by atoms with van der Waals surface area (Å²) in [7, 11) is 0. The molecule has 0 radical (unpaired) electrons. The zero-order chi connectivity index (χ0) is 24.2. The molecule has 0 aliphatic carbocycles. The lowest BCUT2D eigenvalue weighted by atomic mass is 10.1. The minimum Gasteiger partial charge on any atom is -0.279 e. The number of carbonyl (C=O) groups is 1. The van der Waals surface area contributed by atoms with E-state index in [0.717, 1.165) is 16.8 Å². The van der Waals surface area contributed by atoms with Gasteiger partial charge in [0.15, 0.2) is 10.8 Å². The van der Waals surface area contributed by atoms with E-state index >= 15 is 0 Å². The second-order valence-corrected chi connectivity index (χ2v) is 8.76. The number of rotatable bonds is 7. The van der Waals surface area contributed by atoms with Gasteiger partial charge in [-0.25, -0.2) is 9.67 Å². The van der Waals surface area contributed by atoms with Crippen LogP contribution in [0.15, 0.2) is 108 Å². The van der Waals surface area contributed by atoms with Gasteiger partial charge in [-0.05, 0) is 11.6 Å². The molecule has 172 valence electrons. The Kier molecular flexibility index (Phi) is 6.32. The van der Waals surface area contributed by atoms with E-state index in [1.54, 1.807) is 35.2 Å². The van der Waals surface area contributed by atoms with Crippen molar-refractivity contribution in [1.29, 1.82) is 0 Å². The number of hydrogen-bond donors (Lipinski definition) is 0. The van der Waals surface area contributed by atoms with Crippen molar-refractivity contribution in [2.75, 3.05) is 11.4 Å². The van der Waals surface area contributed by atoms with Gasteiger partial charge in [-0.2, -0.15) is 5.10 Å². The molecule has 0 fully saturated rings. The smallest absolute Gasteiger partial charge is 0.279 e. The van der Waals surface area contributed by atoms with Gasteiger partial charge in [-0.1, -0.05) is 84.9 Å². The first-order valence-corrected chi connectivity index (χ1v) is 12.0. The van der Waals surface area contributed by atoms with Crippen molar-refractivity contribution in [3.05, 3.63) is 125 Å². The van der Waals surface area contributed by atoms with Crippen molar-refractivity contribution in [3.63, 3.8) is 0 Å². The molecule has 2 aromatic heterocycles. The van der Waals surface area contributed by atoms with Crippen LogP contribution in [0.2, 0.25) is 0 Å². The van der Waals surface area contributed by atoms with Crippen molar-refractivity contribution in [2.45, 2.75) is 6.54 Å². The highest BCUT2D eigenvalue weighted by molar-refractivity contribution is 7.14. The Morgan fingerprint density at radius 1 is 0.943 bits per heavy atom. The Balaban J connectivity index is 1.59. The van der Waals surface area contributed by atoms with Crippen molar-refractivity contribution in [3.8, 4) is 11.3 Å². The lowest BCUT2D eigenvalue weighted by molar-refractivity contribution is 0.0984. The number of hydrogen-bond acceptors (Lipinski definition) is 5. The summed E-state index contributed by atoms with van der Waals surface area (Å²) in [5.41, 5.74) is 2.65. The molecule has 0 aliphatic rings. The molecule has 7 heteroatoms. The van der Waals surface area contributed by atoms with Crippen molar-refractivity contribution < 1.29 is 4.79 Å². The quantitative estimate of drug-likeness (QED) is 0.294. The van der Waals surface area contributed by atoms with Gasteiger partial charge >= 0.3 is 0 Å². The number of aromatic nitrogens is 3. The van der Waals surface area contributed by atoms with Crippen molar-refractivity contribution in [1.82, 2.24) is 14.8 Å². The van der Waals surface area contributed by atoms with E-state index in [-0.39, 0.29) is 30.2 Å². The van der Waals surface area contributed by atoms with E-state index < -0.39 is 0 Å². The summed E-state index contributed by atoms with van der Waals surface area (Å²) in [5, 5.41) is 7.98. The minimum absolute atomic E-state index is 0.203. The monoisotopic (exact) mass is 478 g/mol. The molecule has 0 bridgehead atoms. The van der Waals surface area contributed by atoms with Crippen LogP contribution < -0.4 is 10.5 Å². The van der Waals surface area contributed by atoms with Gasteiger partial charge in [-0.3, -0.25) is 14.5 Å². The first kappa shape index (κ1) is 22.4. The maximum atomic E-state index is 13.9. The number of carbonyl (C=O) groups excluding carboxylic acids is 1. The van der Waals surface area contributed by atoms with Crippen molar-refractivity contribution in [2.24, 2.45) is 0 Å². The Morgan fingerprint density at radius 2 is 1.60 bits per heavy atom. The molecule has 0 aliphatic heterocycles. The van der Waals surface area contributed by atoms with Crippen LogP contribution >= 0.6 is 11.3 Å². The van der Waals surface area contributed by atoms with Gasteiger partial charge in [0, 0.05) is 22.9 Å². The van der Waals surface area contributed by atoms with Crippen molar-refractivity contribution >= 4 is 33.1 Å². The predicted molar refractivity (Wildman–Crippen MR) is 141 cm³/mol. The Labute approximate surface area is 206 Å². The van der Waals surface area contributed by atoms with E-state index in [0.29, 0.717) is 15.9 Å². The third-order valence-electron chi connectivity index (χ3n) is 5.59. The van der Waals surface area contributed by atoms with Gasteiger partial charge in [0.2, 0.25) is 0 Å². The third-order valence-corrected chi connectivity index (χ3v) is 6.46. The summed E-state index contributed by atoms with van der Waals surface area (Å²) in [4.78, 5) is 33.3. The largest absolute Gasteiger partial charge is 0.281 e. The molecule has 6 nitrogen and oxygen atoms in total. The SMILES string of the molecule is C=CCN(C(=O)c1nn(Cc2ccccc2)c(=O)c2ccccc12)c1nc(-c2ccccc2)cs1. The Morgan fingerprint density at radius 3 is 2.31 bits per heavy atom. The standard InChI is InChI=1S/C28H22N4O2S/c1-2-17-31(28-29-24(19-35-28)21-13-7-4-8-14-21)27(34)25-22-15-9-10-16-23(22)26(33)32(30-25)18-20-11-5-3-6-12-20/h2-16,19H,1,17-18H2. The number of nitrogens with zero attached hydrogens (tertiary/aromatic N) is 4. The molecule has 5 rings (SSSR count). The van der Waals surface area contributed by atoms with Gasteiger partial charge in [0.1, 0.15) is 0 Å². The first-order valence-electron chi connectivity index (χ1n) is 11.1. The summed E-state index contributed by atoms with van der Waals surface area (Å²) < 4.78 is 1.36. The molecule has 2 heterocycles.